The van der Waals surface area contributed by atoms with Crippen molar-refractivity contribution in [1.29, 1.82) is 0 Å². The summed E-state index contributed by atoms with van der Waals surface area (Å²) in [6.07, 6.45) is 0.849. The fourth-order valence-corrected chi connectivity index (χ4v) is 2.69. The van der Waals surface area contributed by atoms with Crippen molar-refractivity contribution in [3.8, 4) is 5.75 Å². The van der Waals surface area contributed by atoms with Crippen molar-refractivity contribution >= 4 is 11.8 Å². The van der Waals surface area contributed by atoms with Gasteiger partial charge in [0.2, 0.25) is 5.91 Å². The number of aryl methyl sites for hydroxylation is 1. The van der Waals surface area contributed by atoms with Crippen LogP contribution in [0.1, 0.15) is 31.4 Å². The SMILES string of the molecule is CCCNC(=O)[C@@H](C)N(Cc1ccccc1C)C(=O)COc1ccccc1. The molecule has 0 saturated heterocycles. The van der Waals surface area contributed by atoms with Gasteiger partial charge in [0.1, 0.15) is 11.8 Å². The first-order chi connectivity index (χ1) is 13.0. The largest absolute Gasteiger partial charge is 0.484 e. The maximum atomic E-state index is 12.9. The molecule has 0 saturated carbocycles. The second kappa shape index (κ2) is 10.4. The van der Waals surface area contributed by atoms with Crippen molar-refractivity contribution in [2.75, 3.05) is 13.2 Å². The molecule has 2 aromatic rings. The highest BCUT2D eigenvalue weighted by Crippen LogP contribution is 2.15. The molecule has 5 heteroatoms. The second-order valence-electron chi connectivity index (χ2n) is 6.52. The molecule has 1 N–H and O–H groups in total. The van der Waals surface area contributed by atoms with E-state index < -0.39 is 6.04 Å². The first kappa shape index (κ1) is 20.5. The van der Waals surface area contributed by atoms with Gasteiger partial charge in [-0.15, -0.1) is 0 Å². The van der Waals surface area contributed by atoms with Crippen LogP contribution in [-0.4, -0.2) is 35.9 Å². The zero-order valence-corrected chi connectivity index (χ0v) is 16.3. The molecule has 27 heavy (non-hydrogen) atoms. The third-order valence-electron chi connectivity index (χ3n) is 4.42. The molecule has 0 spiro atoms. The Morgan fingerprint density at radius 2 is 1.74 bits per heavy atom. The summed E-state index contributed by atoms with van der Waals surface area (Å²) in [6, 6.07) is 16.5. The van der Waals surface area contributed by atoms with Gasteiger partial charge in [-0.05, 0) is 43.5 Å². The Morgan fingerprint density at radius 3 is 2.41 bits per heavy atom. The van der Waals surface area contributed by atoms with E-state index in [4.69, 9.17) is 4.74 Å². The number of hydrogen-bond acceptors (Lipinski definition) is 3. The maximum absolute atomic E-state index is 12.9. The lowest BCUT2D eigenvalue weighted by atomic mass is 10.1. The van der Waals surface area contributed by atoms with E-state index in [-0.39, 0.29) is 18.4 Å². The average molecular weight is 368 g/mol. The van der Waals surface area contributed by atoms with Gasteiger partial charge in [0.15, 0.2) is 6.61 Å². The third kappa shape index (κ3) is 6.13. The summed E-state index contributed by atoms with van der Waals surface area (Å²) in [6.45, 7) is 6.60. The Balaban J connectivity index is 2.13. The van der Waals surface area contributed by atoms with Crippen LogP contribution in [0.15, 0.2) is 54.6 Å². The summed E-state index contributed by atoms with van der Waals surface area (Å²) in [5.74, 6) is 0.254. The fourth-order valence-electron chi connectivity index (χ4n) is 2.69. The number of nitrogens with one attached hydrogen (secondary N) is 1. The van der Waals surface area contributed by atoms with Gasteiger partial charge in [0.05, 0.1) is 0 Å². The summed E-state index contributed by atoms with van der Waals surface area (Å²) in [7, 11) is 0. The van der Waals surface area contributed by atoms with Crippen LogP contribution in [-0.2, 0) is 16.1 Å². The molecule has 0 aromatic heterocycles. The van der Waals surface area contributed by atoms with E-state index in [2.05, 4.69) is 5.32 Å². The van der Waals surface area contributed by atoms with Crippen LogP contribution in [0.25, 0.3) is 0 Å². The van der Waals surface area contributed by atoms with Crippen molar-refractivity contribution in [3.05, 3.63) is 65.7 Å². The number of ether oxygens (including phenoxy) is 1. The van der Waals surface area contributed by atoms with E-state index in [0.717, 1.165) is 17.5 Å². The van der Waals surface area contributed by atoms with E-state index in [0.29, 0.717) is 18.8 Å². The van der Waals surface area contributed by atoms with E-state index >= 15 is 0 Å². The van der Waals surface area contributed by atoms with Gasteiger partial charge in [-0.25, -0.2) is 0 Å². The van der Waals surface area contributed by atoms with Gasteiger partial charge < -0.3 is 15.0 Å². The molecule has 0 bridgehead atoms. The Labute approximate surface area is 161 Å². The number of nitrogens with zero attached hydrogens (tertiary/aromatic N) is 1. The number of amides is 2. The molecule has 2 rings (SSSR count). The Kier molecular flexibility index (Phi) is 7.86. The van der Waals surface area contributed by atoms with Gasteiger partial charge in [-0.1, -0.05) is 49.4 Å². The molecular formula is C22H28N2O3. The van der Waals surface area contributed by atoms with Crippen LogP contribution >= 0.6 is 0 Å². The number of benzene rings is 2. The highest BCUT2D eigenvalue weighted by molar-refractivity contribution is 5.87. The number of carbonyl (C=O) groups excluding carboxylic acids is 2. The topological polar surface area (TPSA) is 58.6 Å². The van der Waals surface area contributed by atoms with Crippen molar-refractivity contribution < 1.29 is 14.3 Å². The molecule has 0 unspecified atom stereocenters. The Bertz CT molecular complexity index is 746. The molecule has 1 atom stereocenters. The van der Waals surface area contributed by atoms with E-state index in [1.807, 2.05) is 56.3 Å². The van der Waals surface area contributed by atoms with Gasteiger partial charge in [-0.2, -0.15) is 0 Å². The van der Waals surface area contributed by atoms with E-state index in [1.165, 1.54) is 0 Å². The van der Waals surface area contributed by atoms with Crippen LogP contribution in [0.2, 0.25) is 0 Å². The maximum Gasteiger partial charge on any atom is 0.261 e. The summed E-state index contributed by atoms with van der Waals surface area (Å²) in [5, 5.41) is 2.87. The minimum Gasteiger partial charge on any atom is -0.484 e. The fraction of sp³-hybridized carbons (Fsp3) is 0.364. The van der Waals surface area contributed by atoms with Crippen LogP contribution in [0.5, 0.6) is 5.75 Å². The molecule has 0 aliphatic rings. The molecule has 5 nitrogen and oxygen atoms in total. The van der Waals surface area contributed by atoms with E-state index in [1.54, 1.807) is 24.0 Å². The first-order valence-electron chi connectivity index (χ1n) is 9.32. The molecule has 0 fully saturated rings. The zero-order valence-electron chi connectivity index (χ0n) is 16.3. The van der Waals surface area contributed by atoms with Crippen molar-refractivity contribution in [3.63, 3.8) is 0 Å². The van der Waals surface area contributed by atoms with E-state index in [9.17, 15) is 9.59 Å². The lowest BCUT2D eigenvalue weighted by Gasteiger charge is -2.29. The highest BCUT2D eigenvalue weighted by Gasteiger charge is 2.26. The van der Waals surface area contributed by atoms with Crippen LogP contribution < -0.4 is 10.1 Å². The Morgan fingerprint density at radius 1 is 1.07 bits per heavy atom. The standard InChI is InChI=1S/C22H28N2O3/c1-4-14-23-22(26)18(3)24(15-19-11-9-8-10-17(19)2)21(25)16-27-20-12-6-5-7-13-20/h5-13,18H,4,14-16H2,1-3H3,(H,23,26)/t18-/m1/s1. The number of hydrogen-bond donors (Lipinski definition) is 1. The number of carbonyl (C=O) groups is 2. The molecule has 144 valence electrons. The van der Waals surface area contributed by atoms with Gasteiger partial charge in [-0.3, -0.25) is 9.59 Å². The molecule has 0 aliphatic carbocycles. The second-order valence-corrected chi connectivity index (χ2v) is 6.52. The predicted octanol–water partition coefficient (Wildman–Crippen LogP) is 3.32. The van der Waals surface area contributed by atoms with Crippen molar-refractivity contribution in [2.45, 2.75) is 39.8 Å². The van der Waals surface area contributed by atoms with Crippen LogP contribution in [0.4, 0.5) is 0 Å². The third-order valence-corrected chi connectivity index (χ3v) is 4.42. The zero-order chi connectivity index (χ0) is 19.6. The number of rotatable bonds is 9. The monoisotopic (exact) mass is 368 g/mol. The predicted molar refractivity (Wildman–Crippen MR) is 106 cm³/mol. The van der Waals surface area contributed by atoms with Gasteiger partial charge in [0, 0.05) is 13.1 Å². The minimum atomic E-state index is -0.581. The lowest BCUT2D eigenvalue weighted by molar-refractivity contribution is -0.142. The molecule has 2 aromatic carbocycles. The average Bonchev–Trinajstić information content (AvgIpc) is 2.70. The van der Waals surface area contributed by atoms with Gasteiger partial charge in [0.25, 0.3) is 5.91 Å². The minimum absolute atomic E-state index is 0.110. The Hall–Kier alpha value is -2.82. The first-order valence-corrected chi connectivity index (χ1v) is 9.32. The highest BCUT2D eigenvalue weighted by atomic mass is 16.5. The van der Waals surface area contributed by atoms with Gasteiger partial charge >= 0.3 is 0 Å². The molecular weight excluding hydrogens is 340 g/mol. The quantitative estimate of drug-likeness (QED) is 0.739. The molecule has 0 radical (unpaired) electrons. The van der Waals surface area contributed by atoms with Crippen LogP contribution in [0.3, 0.4) is 0 Å². The summed E-state index contributed by atoms with van der Waals surface area (Å²) < 4.78 is 5.60. The molecule has 0 heterocycles. The molecule has 0 aliphatic heterocycles. The summed E-state index contributed by atoms with van der Waals surface area (Å²) in [4.78, 5) is 26.9. The molecule has 2 amide bonds. The normalized spacial score (nSPS) is 11.5. The smallest absolute Gasteiger partial charge is 0.261 e. The van der Waals surface area contributed by atoms with Crippen molar-refractivity contribution in [1.82, 2.24) is 10.2 Å². The summed E-state index contributed by atoms with van der Waals surface area (Å²) in [5.41, 5.74) is 2.10. The summed E-state index contributed by atoms with van der Waals surface area (Å²) >= 11 is 0. The number of para-hydroxylation sites is 1. The lowest BCUT2D eigenvalue weighted by Crippen LogP contribution is -2.49. The van der Waals surface area contributed by atoms with Crippen molar-refractivity contribution in [2.24, 2.45) is 0 Å². The van der Waals surface area contributed by atoms with Crippen LogP contribution in [0, 0.1) is 6.92 Å².